The predicted molar refractivity (Wildman–Crippen MR) is 153 cm³/mol. The molecule has 0 aliphatic rings. The molecule has 1 heterocycles. The number of unbranched alkanes of at least 4 members (excludes halogenated alkanes) is 2. The Kier molecular flexibility index (Phi) is 9.33. The molecule has 5 nitrogen and oxygen atoms in total. The number of ether oxygens (including phenoxy) is 1. The number of hydrogen-bond acceptors (Lipinski definition) is 3. The molecular formula is C31H31ClFN3O2. The number of H-pyrrole nitrogens is 1. The average Bonchev–Trinajstić information content (AvgIpc) is 3.40. The van der Waals surface area contributed by atoms with Crippen molar-refractivity contribution in [3.05, 3.63) is 107 Å². The van der Waals surface area contributed by atoms with E-state index in [2.05, 4.69) is 34.6 Å². The number of aromatic amines is 1. The molecule has 4 aromatic rings. The highest BCUT2D eigenvalue weighted by Gasteiger charge is 2.16. The second kappa shape index (κ2) is 13.1. The molecule has 0 saturated heterocycles. The van der Waals surface area contributed by atoms with Crippen LogP contribution in [0, 0.1) is 5.82 Å². The van der Waals surface area contributed by atoms with Crippen molar-refractivity contribution in [2.45, 2.75) is 32.6 Å². The highest BCUT2D eigenvalue weighted by atomic mass is 35.5. The van der Waals surface area contributed by atoms with Gasteiger partial charge in [0.05, 0.1) is 23.3 Å². The zero-order valence-corrected chi connectivity index (χ0v) is 22.3. The smallest absolute Gasteiger partial charge is 0.243 e. The summed E-state index contributed by atoms with van der Waals surface area (Å²) >= 11 is 6.52. The molecule has 7 heteroatoms. The molecule has 0 spiro atoms. The first kappa shape index (κ1) is 27.1. The Morgan fingerprint density at radius 3 is 2.61 bits per heavy atom. The van der Waals surface area contributed by atoms with Crippen LogP contribution in [0.4, 0.5) is 4.39 Å². The normalized spacial score (nSPS) is 12.1. The van der Waals surface area contributed by atoms with Crippen LogP contribution < -0.4 is 10.1 Å². The number of nitrogens with one attached hydrogen (secondary N) is 2. The lowest BCUT2D eigenvalue weighted by atomic mass is 9.87. The van der Waals surface area contributed by atoms with Crippen molar-refractivity contribution >= 4 is 39.6 Å². The topological polar surface area (TPSA) is 67.0 Å². The van der Waals surface area contributed by atoms with Gasteiger partial charge in [-0.25, -0.2) is 4.39 Å². The van der Waals surface area contributed by atoms with Crippen LogP contribution in [0.3, 0.4) is 0 Å². The first-order valence-corrected chi connectivity index (χ1v) is 13.1. The largest absolute Gasteiger partial charge is 0.494 e. The average molecular weight is 532 g/mol. The van der Waals surface area contributed by atoms with Crippen molar-refractivity contribution in [1.82, 2.24) is 15.5 Å². The SMILES string of the molecule is CC/C(=C(/c1ccc(OCCCC/C=C/C(=O)NC)cc1)c1ccc2[nH]ncc2c1)c1ccc(F)cc1Cl. The van der Waals surface area contributed by atoms with Gasteiger partial charge in [-0.15, -0.1) is 0 Å². The zero-order valence-electron chi connectivity index (χ0n) is 21.6. The monoisotopic (exact) mass is 531 g/mol. The van der Waals surface area contributed by atoms with E-state index in [4.69, 9.17) is 16.3 Å². The summed E-state index contributed by atoms with van der Waals surface area (Å²) in [6.45, 7) is 2.67. The van der Waals surface area contributed by atoms with E-state index in [0.29, 0.717) is 18.1 Å². The number of hydrogen-bond donors (Lipinski definition) is 2. The Morgan fingerprint density at radius 1 is 1.08 bits per heavy atom. The number of allylic oxidation sites excluding steroid dienone is 2. The highest BCUT2D eigenvalue weighted by molar-refractivity contribution is 6.32. The van der Waals surface area contributed by atoms with Crippen LogP contribution >= 0.6 is 11.6 Å². The van der Waals surface area contributed by atoms with Crippen LogP contribution in [0.5, 0.6) is 5.75 Å². The second-order valence-corrected chi connectivity index (χ2v) is 9.30. The minimum absolute atomic E-state index is 0.0904. The van der Waals surface area contributed by atoms with Gasteiger partial charge in [0.15, 0.2) is 0 Å². The predicted octanol–water partition coefficient (Wildman–Crippen LogP) is 7.58. The molecule has 2 N–H and O–H groups in total. The highest BCUT2D eigenvalue weighted by Crippen LogP contribution is 2.38. The van der Waals surface area contributed by atoms with E-state index in [1.54, 1.807) is 25.4 Å². The molecule has 4 rings (SSSR count). The fourth-order valence-electron chi connectivity index (χ4n) is 4.40. The first-order valence-electron chi connectivity index (χ1n) is 12.7. The number of nitrogens with zero attached hydrogens (tertiary/aromatic N) is 1. The molecular weight excluding hydrogens is 501 g/mol. The molecule has 0 unspecified atom stereocenters. The van der Waals surface area contributed by atoms with Gasteiger partial charge >= 0.3 is 0 Å². The van der Waals surface area contributed by atoms with E-state index in [1.807, 2.05) is 36.4 Å². The van der Waals surface area contributed by atoms with Gasteiger partial charge in [0.1, 0.15) is 11.6 Å². The van der Waals surface area contributed by atoms with Gasteiger partial charge < -0.3 is 10.1 Å². The van der Waals surface area contributed by atoms with E-state index < -0.39 is 0 Å². The van der Waals surface area contributed by atoms with E-state index in [1.165, 1.54) is 12.1 Å². The third-order valence-electron chi connectivity index (χ3n) is 6.33. The van der Waals surface area contributed by atoms with Crippen LogP contribution in [-0.2, 0) is 4.79 Å². The van der Waals surface area contributed by atoms with E-state index in [-0.39, 0.29) is 11.7 Å². The number of carbonyl (C=O) groups is 1. The number of likely N-dealkylation sites (N-methyl/N-ethyl adjacent to an activating group) is 1. The van der Waals surface area contributed by atoms with E-state index >= 15 is 0 Å². The molecule has 0 saturated carbocycles. The molecule has 0 radical (unpaired) electrons. The minimum Gasteiger partial charge on any atom is -0.494 e. The minimum atomic E-state index is -0.362. The molecule has 0 aliphatic carbocycles. The summed E-state index contributed by atoms with van der Waals surface area (Å²) in [6, 6.07) is 18.7. The van der Waals surface area contributed by atoms with Gasteiger partial charge in [-0.2, -0.15) is 5.10 Å². The molecule has 3 aromatic carbocycles. The lowest BCUT2D eigenvalue weighted by Gasteiger charge is -2.18. The number of amides is 1. The van der Waals surface area contributed by atoms with Gasteiger partial charge in [-0.1, -0.05) is 48.9 Å². The van der Waals surface area contributed by atoms with E-state index in [0.717, 1.165) is 63.8 Å². The summed E-state index contributed by atoms with van der Waals surface area (Å²) in [5.74, 6) is 0.337. The molecule has 1 aromatic heterocycles. The van der Waals surface area contributed by atoms with Gasteiger partial charge in [0, 0.05) is 12.4 Å². The molecule has 0 aliphatic heterocycles. The van der Waals surface area contributed by atoms with Gasteiger partial charge in [-0.05, 0) is 96.0 Å². The number of benzene rings is 3. The molecule has 196 valence electrons. The summed E-state index contributed by atoms with van der Waals surface area (Å²) in [4.78, 5) is 11.2. The first-order chi connectivity index (χ1) is 18.5. The van der Waals surface area contributed by atoms with Crippen molar-refractivity contribution < 1.29 is 13.9 Å². The lowest BCUT2D eigenvalue weighted by Crippen LogP contribution is -2.13. The zero-order chi connectivity index (χ0) is 26.9. The van der Waals surface area contributed by atoms with Crippen LogP contribution in [-0.4, -0.2) is 29.8 Å². The van der Waals surface area contributed by atoms with Crippen LogP contribution in [0.25, 0.3) is 22.0 Å². The van der Waals surface area contributed by atoms with Crippen molar-refractivity contribution in [2.24, 2.45) is 0 Å². The summed E-state index contributed by atoms with van der Waals surface area (Å²) in [6.07, 6.45) is 8.59. The number of rotatable bonds is 11. The number of aromatic nitrogens is 2. The van der Waals surface area contributed by atoms with Crippen LogP contribution in [0.15, 0.2) is 79.0 Å². The number of fused-ring (bicyclic) bond motifs is 1. The third-order valence-corrected chi connectivity index (χ3v) is 6.65. The van der Waals surface area contributed by atoms with Crippen molar-refractivity contribution in [1.29, 1.82) is 0 Å². The van der Waals surface area contributed by atoms with Gasteiger partial charge in [0.2, 0.25) is 5.91 Å². The Bertz CT molecular complexity index is 1460. The van der Waals surface area contributed by atoms with Crippen LogP contribution in [0.1, 0.15) is 49.3 Å². The van der Waals surface area contributed by atoms with Crippen molar-refractivity contribution in [3.8, 4) is 5.75 Å². The van der Waals surface area contributed by atoms with Gasteiger partial charge in [0.25, 0.3) is 0 Å². The molecule has 1 amide bonds. The Labute approximate surface area is 227 Å². The maximum absolute atomic E-state index is 13.8. The van der Waals surface area contributed by atoms with Crippen LogP contribution in [0.2, 0.25) is 5.02 Å². The second-order valence-electron chi connectivity index (χ2n) is 8.89. The number of halogens is 2. The summed E-state index contributed by atoms with van der Waals surface area (Å²) in [7, 11) is 1.61. The van der Waals surface area contributed by atoms with Gasteiger partial charge in [-0.3, -0.25) is 9.89 Å². The number of carbonyl (C=O) groups excluding carboxylic acids is 1. The fraction of sp³-hybridized carbons (Fsp3) is 0.226. The fourth-order valence-corrected chi connectivity index (χ4v) is 4.68. The third kappa shape index (κ3) is 6.69. The maximum Gasteiger partial charge on any atom is 0.243 e. The summed E-state index contributed by atoms with van der Waals surface area (Å²) in [5, 5.41) is 11.1. The Balaban J connectivity index is 1.59. The Morgan fingerprint density at radius 2 is 1.87 bits per heavy atom. The Hall–Kier alpha value is -3.90. The van der Waals surface area contributed by atoms with Crippen molar-refractivity contribution in [2.75, 3.05) is 13.7 Å². The quantitative estimate of drug-likeness (QED) is 0.119. The van der Waals surface area contributed by atoms with E-state index in [9.17, 15) is 9.18 Å². The van der Waals surface area contributed by atoms with Crippen molar-refractivity contribution in [3.63, 3.8) is 0 Å². The molecule has 38 heavy (non-hydrogen) atoms. The summed E-state index contributed by atoms with van der Waals surface area (Å²) in [5.41, 5.74) is 5.85. The molecule has 0 atom stereocenters. The standard InChI is InChI=1S/C31H31ClFN3O2/c1-3-26(27-15-12-24(33)19-28(27)32)31(22-11-16-29-23(18-22)20-35-36-29)21-9-13-25(14-10-21)38-17-7-5-4-6-8-30(37)34-2/h6,8-16,18-20H,3-5,7,17H2,1-2H3,(H,34,37)(H,35,36)/b8-6+,31-26+. The molecule has 0 fully saturated rings. The lowest BCUT2D eigenvalue weighted by molar-refractivity contribution is -0.116. The molecule has 0 bridgehead atoms. The maximum atomic E-state index is 13.8. The summed E-state index contributed by atoms with van der Waals surface area (Å²) < 4.78 is 19.8.